The van der Waals surface area contributed by atoms with Crippen LogP contribution in [0.15, 0.2) is 87.1 Å². The van der Waals surface area contributed by atoms with Crippen LogP contribution < -0.4 is 15.0 Å². The van der Waals surface area contributed by atoms with Gasteiger partial charge in [0.25, 0.3) is 5.56 Å². The van der Waals surface area contributed by atoms with Gasteiger partial charge in [0.1, 0.15) is 11.5 Å². The Kier molecular flexibility index (Phi) is 6.28. The highest BCUT2D eigenvalue weighted by Gasteiger charge is 2.19. The van der Waals surface area contributed by atoms with Crippen LogP contribution in [0.4, 0.5) is 5.69 Å². The summed E-state index contributed by atoms with van der Waals surface area (Å²) in [5, 5.41) is 3.27. The number of methoxy groups -OCH3 is 2. The number of nitrogens with one attached hydrogen (secondary N) is 1. The standard InChI is InChI=1S/C25H22BrN3O3/c1-16(27-19-8-6-18(26)7-9-19)23-24(17-4-12-21(31-2)13-5-17)28-29(25(23)30)20-10-14-22(32-3)15-11-20/h4-15,28H,1-3H3. The summed E-state index contributed by atoms with van der Waals surface area (Å²) in [4.78, 5) is 18.2. The Hall–Kier alpha value is -3.58. The predicted octanol–water partition coefficient (Wildman–Crippen LogP) is 5.75. The Bertz CT molecular complexity index is 1300. The summed E-state index contributed by atoms with van der Waals surface area (Å²) in [6.45, 7) is 1.85. The lowest BCUT2D eigenvalue weighted by Crippen LogP contribution is -2.19. The van der Waals surface area contributed by atoms with Gasteiger partial charge in [0.2, 0.25) is 0 Å². The van der Waals surface area contributed by atoms with E-state index < -0.39 is 0 Å². The third-order valence-corrected chi connectivity index (χ3v) is 5.61. The lowest BCUT2D eigenvalue weighted by Gasteiger charge is -2.05. The summed E-state index contributed by atoms with van der Waals surface area (Å²) in [6, 6.07) is 22.5. The van der Waals surface area contributed by atoms with Crippen LogP contribution >= 0.6 is 15.9 Å². The number of ether oxygens (including phenoxy) is 2. The molecular formula is C25H22BrN3O3. The van der Waals surface area contributed by atoms with E-state index >= 15 is 0 Å². The van der Waals surface area contributed by atoms with Crippen molar-refractivity contribution in [1.82, 2.24) is 9.78 Å². The van der Waals surface area contributed by atoms with Crippen molar-refractivity contribution in [2.75, 3.05) is 14.2 Å². The second-order valence-corrected chi connectivity index (χ2v) is 8.02. The molecule has 0 fully saturated rings. The molecule has 0 atom stereocenters. The summed E-state index contributed by atoms with van der Waals surface area (Å²) in [7, 11) is 3.23. The number of aliphatic imine (C=N–C) groups is 1. The van der Waals surface area contributed by atoms with Gasteiger partial charge in [0, 0.05) is 10.0 Å². The van der Waals surface area contributed by atoms with E-state index in [1.807, 2.05) is 79.7 Å². The normalized spacial score (nSPS) is 11.4. The Balaban J connectivity index is 1.87. The number of aromatic nitrogens is 2. The number of H-pyrrole nitrogens is 1. The second kappa shape index (κ2) is 9.28. The highest BCUT2D eigenvalue weighted by molar-refractivity contribution is 9.10. The lowest BCUT2D eigenvalue weighted by molar-refractivity contribution is 0.414. The zero-order valence-electron chi connectivity index (χ0n) is 17.9. The SMILES string of the molecule is COc1ccc(-c2[nH]n(-c3ccc(OC)cc3)c(=O)c2C(C)=Nc2ccc(Br)cc2)cc1. The molecule has 0 spiro atoms. The van der Waals surface area contributed by atoms with Gasteiger partial charge in [-0.2, -0.15) is 0 Å². The Morgan fingerprint density at radius 2 is 1.44 bits per heavy atom. The van der Waals surface area contributed by atoms with Crippen molar-refractivity contribution in [1.29, 1.82) is 0 Å². The van der Waals surface area contributed by atoms with Crippen LogP contribution in [0.5, 0.6) is 11.5 Å². The number of hydrogen-bond donors (Lipinski definition) is 1. The Labute approximate surface area is 194 Å². The minimum absolute atomic E-state index is 0.181. The average molecular weight is 492 g/mol. The van der Waals surface area contributed by atoms with Gasteiger partial charge in [0.05, 0.1) is 42.6 Å². The van der Waals surface area contributed by atoms with Crippen LogP contribution in [-0.4, -0.2) is 29.7 Å². The maximum Gasteiger partial charge on any atom is 0.280 e. The molecule has 1 N–H and O–H groups in total. The maximum absolute atomic E-state index is 13.5. The highest BCUT2D eigenvalue weighted by Crippen LogP contribution is 2.26. The minimum Gasteiger partial charge on any atom is -0.497 e. The second-order valence-electron chi connectivity index (χ2n) is 7.10. The van der Waals surface area contributed by atoms with E-state index in [9.17, 15) is 4.79 Å². The van der Waals surface area contributed by atoms with Crippen LogP contribution in [0, 0.1) is 0 Å². The van der Waals surface area contributed by atoms with Crippen molar-refractivity contribution in [2.24, 2.45) is 4.99 Å². The van der Waals surface area contributed by atoms with Crippen molar-refractivity contribution < 1.29 is 9.47 Å². The molecule has 32 heavy (non-hydrogen) atoms. The topological polar surface area (TPSA) is 68.6 Å². The first-order valence-electron chi connectivity index (χ1n) is 9.95. The van der Waals surface area contributed by atoms with Gasteiger partial charge in [-0.25, -0.2) is 4.68 Å². The molecule has 0 radical (unpaired) electrons. The highest BCUT2D eigenvalue weighted by atomic mass is 79.9. The minimum atomic E-state index is -0.181. The molecule has 3 aromatic carbocycles. The van der Waals surface area contributed by atoms with Gasteiger partial charge in [0.15, 0.2) is 0 Å². The van der Waals surface area contributed by atoms with Gasteiger partial charge >= 0.3 is 0 Å². The fourth-order valence-electron chi connectivity index (χ4n) is 3.42. The van der Waals surface area contributed by atoms with Crippen molar-refractivity contribution in [3.05, 3.63) is 93.2 Å². The molecule has 1 heterocycles. The fraction of sp³-hybridized carbons (Fsp3) is 0.120. The zero-order chi connectivity index (χ0) is 22.7. The molecule has 0 aliphatic carbocycles. The molecule has 0 bridgehead atoms. The van der Waals surface area contributed by atoms with Gasteiger partial charge in [-0.05, 0) is 79.7 Å². The molecule has 162 valence electrons. The first-order chi connectivity index (χ1) is 15.5. The smallest absolute Gasteiger partial charge is 0.280 e. The van der Waals surface area contributed by atoms with E-state index in [-0.39, 0.29) is 5.56 Å². The average Bonchev–Trinajstić information content (AvgIpc) is 3.17. The van der Waals surface area contributed by atoms with E-state index in [4.69, 9.17) is 14.5 Å². The van der Waals surface area contributed by atoms with Crippen LogP contribution in [0.1, 0.15) is 12.5 Å². The van der Waals surface area contributed by atoms with Crippen molar-refractivity contribution in [3.8, 4) is 28.4 Å². The van der Waals surface area contributed by atoms with Crippen LogP contribution in [-0.2, 0) is 0 Å². The summed E-state index contributed by atoms with van der Waals surface area (Å²) < 4.78 is 13.0. The Morgan fingerprint density at radius 1 is 0.875 bits per heavy atom. The third-order valence-electron chi connectivity index (χ3n) is 5.09. The largest absolute Gasteiger partial charge is 0.497 e. The number of aromatic amines is 1. The third kappa shape index (κ3) is 4.38. The van der Waals surface area contributed by atoms with Crippen LogP contribution in [0.2, 0.25) is 0 Å². The van der Waals surface area contributed by atoms with E-state index in [2.05, 4.69) is 21.0 Å². The predicted molar refractivity (Wildman–Crippen MR) is 131 cm³/mol. The first kappa shape index (κ1) is 21.6. The zero-order valence-corrected chi connectivity index (χ0v) is 19.5. The Morgan fingerprint density at radius 3 is 2.00 bits per heavy atom. The summed E-state index contributed by atoms with van der Waals surface area (Å²) in [5.41, 5.74) is 3.96. The van der Waals surface area contributed by atoms with Gasteiger partial charge < -0.3 is 9.47 Å². The van der Waals surface area contributed by atoms with Crippen LogP contribution in [0.3, 0.4) is 0 Å². The molecule has 0 unspecified atom stereocenters. The number of nitrogens with zero attached hydrogens (tertiary/aromatic N) is 2. The molecule has 0 aliphatic rings. The van der Waals surface area contributed by atoms with E-state index in [1.54, 1.807) is 14.2 Å². The molecule has 4 rings (SSSR count). The van der Waals surface area contributed by atoms with E-state index in [0.717, 1.165) is 27.2 Å². The number of benzene rings is 3. The fourth-order valence-corrected chi connectivity index (χ4v) is 3.68. The lowest BCUT2D eigenvalue weighted by atomic mass is 10.0. The van der Waals surface area contributed by atoms with E-state index in [0.29, 0.717) is 22.7 Å². The van der Waals surface area contributed by atoms with Gasteiger partial charge in [-0.15, -0.1) is 0 Å². The van der Waals surface area contributed by atoms with Crippen molar-refractivity contribution >= 4 is 27.3 Å². The van der Waals surface area contributed by atoms with Gasteiger partial charge in [-0.1, -0.05) is 15.9 Å². The molecule has 1 aromatic heterocycles. The molecule has 4 aromatic rings. The molecular weight excluding hydrogens is 470 g/mol. The van der Waals surface area contributed by atoms with E-state index in [1.165, 1.54) is 4.68 Å². The quantitative estimate of drug-likeness (QED) is 0.349. The number of halogens is 1. The molecule has 0 amide bonds. The van der Waals surface area contributed by atoms with Crippen molar-refractivity contribution in [3.63, 3.8) is 0 Å². The van der Waals surface area contributed by atoms with Crippen LogP contribution in [0.25, 0.3) is 16.9 Å². The molecule has 7 heteroatoms. The molecule has 0 saturated heterocycles. The first-order valence-corrected chi connectivity index (χ1v) is 10.7. The van der Waals surface area contributed by atoms with Crippen molar-refractivity contribution in [2.45, 2.75) is 6.92 Å². The summed E-state index contributed by atoms with van der Waals surface area (Å²) in [6.07, 6.45) is 0. The molecule has 6 nitrogen and oxygen atoms in total. The number of rotatable bonds is 6. The summed E-state index contributed by atoms with van der Waals surface area (Å²) in [5.74, 6) is 1.46. The monoisotopic (exact) mass is 491 g/mol. The molecule has 0 saturated carbocycles. The summed E-state index contributed by atoms with van der Waals surface area (Å²) >= 11 is 3.44. The van der Waals surface area contributed by atoms with Gasteiger partial charge in [-0.3, -0.25) is 14.9 Å². The molecule has 0 aliphatic heterocycles. The number of hydrogen-bond acceptors (Lipinski definition) is 4. The maximum atomic E-state index is 13.5.